The van der Waals surface area contributed by atoms with E-state index in [0.717, 1.165) is 31.0 Å². The number of piperazine rings is 1. The maximum absolute atomic E-state index is 12.4. The minimum atomic E-state index is -0.0517. The van der Waals surface area contributed by atoms with Crippen molar-refractivity contribution in [3.8, 4) is 5.75 Å². The Kier molecular flexibility index (Phi) is 5.92. The van der Waals surface area contributed by atoms with Gasteiger partial charge in [0.25, 0.3) is 11.5 Å². The Morgan fingerprint density at radius 1 is 1.17 bits per heavy atom. The van der Waals surface area contributed by atoms with Crippen molar-refractivity contribution in [1.82, 2.24) is 19.2 Å². The number of fused-ring (bicyclic) bond motifs is 1. The van der Waals surface area contributed by atoms with Crippen molar-refractivity contribution in [3.05, 3.63) is 63.5 Å². The fourth-order valence-corrected chi connectivity index (χ4v) is 4.15. The average molecular weight is 413 g/mol. The van der Waals surface area contributed by atoms with Crippen LogP contribution in [0.2, 0.25) is 0 Å². The molecule has 0 N–H and O–H groups in total. The summed E-state index contributed by atoms with van der Waals surface area (Å²) < 4.78 is 7.19. The average Bonchev–Trinajstić information content (AvgIpc) is 3.22. The van der Waals surface area contributed by atoms with Gasteiger partial charge in [-0.05, 0) is 24.1 Å². The Morgan fingerprint density at radius 3 is 2.66 bits per heavy atom. The molecule has 0 aliphatic carbocycles. The van der Waals surface area contributed by atoms with Crippen molar-refractivity contribution in [1.29, 1.82) is 0 Å². The van der Waals surface area contributed by atoms with E-state index in [1.165, 1.54) is 16.9 Å². The van der Waals surface area contributed by atoms with Crippen LogP contribution in [0.3, 0.4) is 0 Å². The van der Waals surface area contributed by atoms with E-state index < -0.39 is 0 Å². The molecule has 1 saturated heterocycles. The lowest BCUT2D eigenvalue weighted by molar-refractivity contribution is -0.135. The van der Waals surface area contributed by atoms with Crippen LogP contribution >= 0.6 is 11.3 Å². The number of carbonyl (C=O) groups is 1. The predicted octanol–water partition coefficient (Wildman–Crippen LogP) is 2.04. The molecule has 0 bridgehead atoms. The summed E-state index contributed by atoms with van der Waals surface area (Å²) in [7, 11) is 0. The Balaban J connectivity index is 1.26. The second-order valence-electron chi connectivity index (χ2n) is 7.08. The van der Waals surface area contributed by atoms with Gasteiger partial charge in [-0.15, -0.1) is 11.3 Å². The largest absolute Gasteiger partial charge is 0.484 e. The highest BCUT2D eigenvalue weighted by molar-refractivity contribution is 7.15. The molecule has 8 heteroatoms. The molecule has 1 aromatic carbocycles. The van der Waals surface area contributed by atoms with Crippen LogP contribution in [0.15, 0.2) is 46.7 Å². The summed E-state index contributed by atoms with van der Waals surface area (Å²) in [5.74, 6) is 0.719. The molecule has 3 aromatic rings. The van der Waals surface area contributed by atoms with Crippen LogP contribution in [0.5, 0.6) is 5.75 Å². The zero-order valence-electron chi connectivity index (χ0n) is 16.4. The molecule has 7 nitrogen and oxygen atoms in total. The first-order valence-corrected chi connectivity index (χ1v) is 10.7. The number of nitrogens with zero attached hydrogens (tertiary/aromatic N) is 4. The minimum Gasteiger partial charge on any atom is -0.484 e. The number of carbonyl (C=O) groups excluding carboxylic acids is 1. The second-order valence-corrected chi connectivity index (χ2v) is 7.96. The lowest BCUT2D eigenvalue weighted by atomic mass is 10.2. The van der Waals surface area contributed by atoms with Gasteiger partial charge in [0.15, 0.2) is 11.6 Å². The summed E-state index contributed by atoms with van der Waals surface area (Å²) in [5.41, 5.74) is 1.97. The van der Waals surface area contributed by atoms with Gasteiger partial charge in [0.05, 0.1) is 5.69 Å². The highest BCUT2D eigenvalue weighted by atomic mass is 32.1. The molecule has 0 saturated carbocycles. The highest BCUT2D eigenvalue weighted by Crippen LogP contribution is 2.14. The standard InChI is InChI=1S/C21H24N4O3S/c1-2-16-3-5-18(6-4-16)28-15-20(27)24-9-7-23(8-10-24)14-17-13-19(26)25-11-12-29-21(25)22-17/h3-6,11-13H,2,7-10,14-15H2,1H3. The summed E-state index contributed by atoms with van der Waals surface area (Å²) in [6, 6.07) is 9.45. The van der Waals surface area contributed by atoms with Gasteiger partial charge in [0, 0.05) is 50.4 Å². The second kappa shape index (κ2) is 8.75. The molecule has 29 heavy (non-hydrogen) atoms. The molecule has 0 atom stereocenters. The van der Waals surface area contributed by atoms with Crippen LogP contribution in [0.4, 0.5) is 0 Å². The van der Waals surface area contributed by atoms with Crippen LogP contribution in [0.1, 0.15) is 18.2 Å². The van der Waals surface area contributed by atoms with Gasteiger partial charge in [-0.3, -0.25) is 18.9 Å². The number of thiazole rings is 1. The number of aryl methyl sites for hydroxylation is 1. The van der Waals surface area contributed by atoms with Crippen LogP contribution in [-0.2, 0) is 17.8 Å². The Labute approximate surface area is 173 Å². The van der Waals surface area contributed by atoms with E-state index in [1.807, 2.05) is 34.5 Å². The molecule has 1 aliphatic rings. The van der Waals surface area contributed by atoms with Crippen LogP contribution in [0, 0.1) is 0 Å². The number of amides is 1. The summed E-state index contributed by atoms with van der Waals surface area (Å²) in [4.78, 5) is 33.9. The van der Waals surface area contributed by atoms with Gasteiger partial charge in [0.1, 0.15) is 5.75 Å². The molecule has 152 valence electrons. The maximum Gasteiger partial charge on any atom is 0.260 e. The van der Waals surface area contributed by atoms with Gasteiger partial charge >= 0.3 is 0 Å². The molecular formula is C21H24N4O3S. The van der Waals surface area contributed by atoms with E-state index >= 15 is 0 Å². The molecule has 1 amide bonds. The van der Waals surface area contributed by atoms with E-state index in [0.29, 0.717) is 24.6 Å². The normalized spacial score (nSPS) is 15.0. The number of aromatic nitrogens is 2. The zero-order chi connectivity index (χ0) is 20.2. The molecule has 0 radical (unpaired) electrons. The third kappa shape index (κ3) is 4.65. The van der Waals surface area contributed by atoms with Crippen molar-refractivity contribution < 1.29 is 9.53 Å². The third-order valence-corrected chi connectivity index (χ3v) is 5.92. The van der Waals surface area contributed by atoms with Crippen molar-refractivity contribution in [2.45, 2.75) is 19.9 Å². The smallest absolute Gasteiger partial charge is 0.260 e. The van der Waals surface area contributed by atoms with Crippen molar-refractivity contribution in [2.75, 3.05) is 32.8 Å². The number of hydrogen-bond donors (Lipinski definition) is 0. The Hall–Kier alpha value is -2.71. The zero-order valence-corrected chi connectivity index (χ0v) is 17.2. The molecule has 0 unspecified atom stereocenters. The van der Waals surface area contributed by atoms with Gasteiger partial charge in [0.2, 0.25) is 0 Å². The molecule has 4 rings (SSSR count). The van der Waals surface area contributed by atoms with E-state index in [1.54, 1.807) is 16.7 Å². The van der Waals surface area contributed by atoms with Gasteiger partial charge < -0.3 is 9.64 Å². The summed E-state index contributed by atoms with van der Waals surface area (Å²) >= 11 is 1.45. The molecule has 1 aliphatic heterocycles. The SMILES string of the molecule is CCc1ccc(OCC(=O)N2CCN(Cc3cc(=O)n4ccsc4n3)CC2)cc1. The number of ether oxygens (including phenoxy) is 1. The first-order chi connectivity index (χ1) is 14.1. The quantitative estimate of drug-likeness (QED) is 0.620. The molecular weight excluding hydrogens is 388 g/mol. The van der Waals surface area contributed by atoms with E-state index in [2.05, 4.69) is 16.8 Å². The monoisotopic (exact) mass is 412 g/mol. The van der Waals surface area contributed by atoms with Gasteiger partial charge in [-0.2, -0.15) is 0 Å². The first-order valence-electron chi connectivity index (χ1n) is 9.80. The molecule has 1 fully saturated rings. The predicted molar refractivity (Wildman–Crippen MR) is 113 cm³/mol. The number of hydrogen-bond acceptors (Lipinski definition) is 6. The van der Waals surface area contributed by atoms with E-state index in [9.17, 15) is 9.59 Å². The summed E-state index contributed by atoms with van der Waals surface area (Å²) in [6.45, 7) is 5.58. The Bertz CT molecular complexity index is 1040. The van der Waals surface area contributed by atoms with E-state index in [-0.39, 0.29) is 18.1 Å². The van der Waals surface area contributed by atoms with Crippen molar-refractivity contribution in [3.63, 3.8) is 0 Å². The fourth-order valence-electron chi connectivity index (χ4n) is 3.41. The Morgan fingerprint density at radius 2 is 1.93 bits per heavy atom. The summed E-state index contributed by atoms with van der Waals surface area (Å²) in [5, 5.41) is 1.86. The molecule has 3 heterocycles. The van der Waals surface area contributed by atoms with E-state index in [4.69, 9.17) is 4.74 Å². The van der Waals surface area contributed by atoms with Crippen LogP contribution < -0.4 is 10.3 Å². The lowest BCUT2D eigenvalue weighted by Crippen LogP contribution is -2.49. The van der Waals surface area contributed by atoms with Crippen molar-refractivity contribution in [2.24, 2.45) is 0 Å². The van der Waals surface area contributed by atoms with Gasteiger partial charge in [-0.1, -0.05) is 19.1 Å². The highest BCUT2D eigenvalue weighted by Gasteiger charge is 2.22. The number of benzene rings is 1. The maximum atomic E-state index is 12.4. The third-order valence-electron chi connectivity index (χ3n) is 5.16. The van der Waals surface area contributed by atoms with Crippen LogP contribution in [0.25, 0.3) is 4.96 Å². The minimum absolute atomic E-state index is 0.000549. The lowest BCUT2D eigenvalue weighted by Gasteiger charge is -2.34. The topological polar surface area (TPSA) is 67.2 Å². The first kappa shape index (κ1) is 19.6. The van der Waals surface area contributed by atoms with Gasteiger partial charge in [-0.25, -0.2) is 4.98 Å². The molecule has 2 aromatic heterocycles. The van der Waals surface area contributed by atoms with Crippen molar-refractivity contribution >= 4 is 22.2 Å². The number of rotatable bonds is 6. The fraction of sp³-hybridized carbons (Fsp3) is 0.381. The summed E-state index contributed by atoms with van der Waals surface area (Å²) in [6.07, 6.45) is 2.72. The molecule has 0 spiro atoms. The van der Waals surface area contributed by atoms with Crippen LogP contribution in [-0.4, -0.2) is 57.9 Å².